The maximum atomic E-state index is 5.57. The summed E-state index contributed by atoms with van der Waals surface area (Å²) in [6.45, 7) is 7.08. The molecule has 0 radical (unpaired) electrons. The number of aromatic nitrogens is 3. The fourth-order valence-electron chi connectivity index (χ4n) is 3.04. The van der Waals surface area contributed by atoms with Crippen molar-refractivity contribution in [2.24, 2.45) is 0 Å². The van der Waals surface area contributed by atoms with E-state index in [9.17, 15) is 0 Å². The smallest absolute Gasteiger partial charge is 0.132 e. The quantitative estimate of drug-likeness (QED) is 0.659. The monoisotopic (exact) mass is 351 g/mol. The summed E-state index contributed by atoms with van der Waals surface area (Å²) in [7, 11) is 3.34. The van der Waals surface area contributed by atoms with Crippen LogP contribution in [0, 0.1) is 6.92 Å². The molecule has 0 aliphatic heterocycles. The molecule has 0 unspecified atom stereocenters. The predicted molar refractivity (Wildman–Crippen MR) is 103 cm³/mol. The van der Waals surface area contributed by atoms with Crippen molar-refractivity contribution in [3.8, 4) is 22.8 Å². The Morgan fingerprint density at radius 2 is 1.77 bits per heavy atom. The summed E-state index contributed by atoms with van der Waals surface area (Å²) in [5, 5.41) is 8.67. The molecule has 0 atom stereocenters. The van der Waals surface area contributed by atoms with Gasteiger partial charge in [0.25, 0.3) is 0 Å². The average molecular weight is 351 g/mol. The van der Waals surface area contributed by atoms with E-state index in [1.165, 1.54) is 11.1 Å². The van der Waals surface area contributed by atoms with Crippen LogP contribution >= 0.6 is 0 Å². The number of methoxy groups -OCH3 is 2. The Bertz CT molecular complexity index is 900. The zero-order valence-electron chi connectivity index (χ0n) is 16.0. The highest BCUT2D eigenvalue weighted by molar-refractivity contribution is 5.70. The molecule has 0 aliphatic rings. The number of nitrogens with zero attached hydrogens (tertiary/aromatic N) is 3. The van der Waals surface area contributed by atoms with Crippen molar-refractivity contribution in [3.05, 3.63) is 59.3 Å². The third-order valence-electron chi connectivity index (χ3n) is 4.58. The van der Waals surface area contributed by atoms with Gasteiger partial charge in [0.1, 0.15) is 17.2 Å². The Hall–Kier alpha value is -2.82. The van der Waals surface area contributed by atoms with Crippen LogP contribution in [0.5, 0.6) is 11.5 Å². The first-order valence-corrected chi connectivity index (χ1v) is 8.74. The van der Waals surface area contributed by atoms with E-state index < -0.39 is 0 Å². The van der Waals surface area contributed by atoms with Gasteiger partial charge in [0, 0.05) is 11.6 Å². The van der Waals surface area contributed by atoms with Gasteiger partial charge in [0.15, 0.2) is 0 Å². The lowest BCUT2D eigenvalue weighted by Crippen LogP contribution is -2.01. The fourth-order valence-corrected chi connectivity index (χ4v) is 3.04. The van der Waals surface area contributed by atoms with Crippen LogP contribution in [-0.2, 0) is 6.54 Å². The fraction of sp³-hybridized carbons (Fsp3) is 0.333. The lowest BCUT2D eigenvalue weighted by molar-refractivity contribution is 0.390. The zero-order chi connectivity index (χ0) is 18.7. The van der Waals surface area contributed by atoms with E-state index in [4.69, 9.17) is 9.47 Å². The van der Waals surface area contributed by atoms with E-state index in [-0.39, 0.29) is 0 Å². The van der Waals surface area contributed by atoms with Gasteiger partial charge in [-0.15, -0.1) is 5.10 Å². The Kier molecular flexibility index (Phi) is 5.26. The van der Waals surface area contributed by atoms with Crippen LogP contribution < -0.4 is 9.47 Å². The van der Waals surface area contributed by atoms with Crippen molar-refractivity contribution in [2.75, 3.05) is 14.2 Å². The minimum Gasteiger partial charge on any atom is -0.496 e. The van der Waals surface area contributed by atoms with Crippen LogP contribution in [-0.4, -0.2) is 29.2 Å². The van der Waals surface area contributed by atoms with Crippen molar-refractivity contribution in [1.29, 1.82) is 0 Å². The van der Waals surface area contributed by atoms with Gasteiger partial charge in [-0.05, 0) is 35.6 Å². The normalized spacial score (nSPS) is 11.0. The lowest BCUT2D eigenvalue weighted by atomic mass is 9.97. The molecule has 2 aromatic carbocycles. The largest absolute Gasteiger partial charge is 0.496 e. The molecule has 5 heteroatoms. The topological polar surface area (TPSA) is 49.2 Å². The van der Waals surface area contributed by atoms with Gasteiger partial charge >= 0.3 is 0 Å². The summed E-state index contributed by atoms with van der Waals surface area (Å²) >= 11 is 0. The standard InChI is InChI=1S/C21H25N3O2/c1-14(2)17-10-18(21(26-5)11-20(17)25-4)19-13-24(23-22-19)12-16-9-7-6-8-15(16)3/h6-11,13-14H,12H2,1-5H3. The summed E-state index contributed by atoms with van der Waals surface area (Å²) in [5.74, 6) is 1.89. The van der Waals surface area contributed by atoms with Gasteiger partial charge in [-0.1, -0.05) is 43.3 Å². The number of ether oxygens (including phenoxy) is 2. The minimum absolute atomic E-state index is 0.330. The maximum absolute atomic E-state index is 5.57. The third-order valence-corrected chi connectivity index (χ3v) is 4.58. The number of aryl methyl sites for hydroxylation is 1. The highest BCUT2D eigenvalue weighted by atomic mass is 16.5. The van der Waals surface area contributed by atoms with Crippen LogP contribution in [0.2, 0.25) is 0 Å². The first-order valence-electron chi connectivity index (χ1n) is 8.74. The third kappa shape index (κ3) is 3.57. The molecule has 0 N–H and O–H groups in total. The van der Waals surface area contributed by atoms with Crippen LogP contribution in [0.4, 0.5) is 0 Å². The first kappa shape index (κ1) is 18.0. The molecule has 0 bridgehead atoms. The molecule has 26 heavy (non-hydrogen) atoms. The van der Waals surface area contributed by atoms with Crippen LogP contribution in [0.25, 0.3) is 11.3 Å². The van der Waals surface area contributed by atoms with Crippen LogP contribution in [0.1, 0.15) is 36.5 Å². The summed E-state index contributed by atoms with van der Waals surface area (Å²) in [6.07, 6.45) is 1.96. The SMILES string of the molecule is COc1cc(OC)c(C(C)C)cc1-c1cn(Cc2ccccc2C)nn1. The van der Waals surface area contributed by atoms with Crippen molar-refractivity contribution in [2.45, 2.75) is 33.2 Å². The molecule has 0 amide bonds. The van der Waals surface area contributed by atoms with Gasteiger partial charge in [-0.3, -0.25) is 0 Å². The second kappa shape index (κ2) is 7.60. The van der Waals surface area contributed by atoms with E-state index in [1.807, 2.05) is 29.1 Å². The number of hydrogen-bond acceptors (Lipinski definition) is 4. The Labute approximate surface area is 154 Å². The van der Waals surface area contributed by atoms with Gasteiger partial charge in [0.2, 0.25) is 0 Å². The van der Waals surface area contributed by atoms with Crippen molar-refractivity contribution >= 4 is 0 Å². The lowest BCUT2D eigenvalue weighted by Gasteiger charge is -2.16. The van der Waals surface area contributed by atoms with Crippen LogP contribution in [0.15, 0.2) is 42.6 Å². The van der Waals surface area contributed by atoms with Gasteiger partial charge < -0.3 is 9.47 Å². The first-order chi connectivity index (χ1) is 12.5. The van der Waals surface area contributed by atoms with E-state index in [1.54, 1.807) is 14.2 Å². The van der Waals surface area contributed by atoms with Gasteiger partial charge in [-0.25, -0.2) is 4.68 Å². The van der Waals surface area contributed by atoms with E-state index in [2.05, 4.69) is 49.3 Å². The number of benzene rings is 2. The summed E-state index contributed by atoms with van der Waals surface area (Å²) < 4.78 is 12.9. The highest BCUT2D eigenvalue weighted by Crippen LogP contribution is 2.38. The second-order valence-electron chi connectivity index (χ2n) is 6.68. The Morgan fingerprint density at radius 3 is 2.42 bits per heavy atom. The van der Waals surface area contributed by atoms with Crippen molar-refractivity contribution < 1.29 is 9.47 Å². The summed E-state index contributed by atoms with van der Waals surface area (Å²) in [4.78, 5) is 0. The van der Waals surface area contributed by atoms with Crippen molar-refractivity contribution in [1.82, 2.24) is 15.0 Å². The zero-order valence-corrected chi connectivity index (χ0v) is 16.0. The number of rotatable bonds is 6. The second-order valence-corrected chi connectivity index (χ2v) is 6.68. The minimum atomic E-state index is 0.330. The molecule has 0 saturated heterocycles. The highest BCUT2D eigenvalue weighted by Gasteiger charge is 2.17. The molecular formula is C21H25N3O2. The number of hydrogen-bond donors (Lipinski definition) is 0. The molecule has 1 aromatic heterocycles. The maximum Gasteiger partial charge on any atom is 0.132 e. The average Bonchev–Trinajstić information content (AvgIpc) is 3.10. The molecule has 3 rings (SSSR count). The van der Waals surface area contributed by atoms with E-state index in [0.29, 0.717) is 12.5 Å². The van der Waals surface area contributed by atoms with E-state index in [0.717, 1.165) is 28.3 Å². The molecular weight excluding hydrogens is 326 g/mol. The van der Waals surface area contributed by atoms with Gasteiger partial charge in [0.05, 0.1) is 27.0 Å². The summed E-state index contributed by atoms with van der Waals surface area (Å²) in [5.41, 5.74) is 5.31. The van der Waals surface area contributed by atoms with Crippen LogP contribution in [0.3, 0.4) is 0 Å². The molecule has 0 spiro atoms. The Balaban J connectivity index is 1.98. The molecule has 136 valence electrons. The van der Waals surface area contributed by atoms with Crippen molar-refractivity contribution in [3.63, 3.8) is 0 Å². The molecule has 0 aliphatic carbocycles. The molecule has 0 saturated carbocycles. The van der Waals surface area contributed by atoms with E-state index >= 15 is 0 Å². The Morgan fingerprint density at radius 1 is 1.04 bits per heavy atom. The molecule has 1 heterocycles. The predicted octanol–water partition coefficient (Wildman–Crippen LogP) is 4.44. The molecule has 0 fully saturated rings. The van der Waals surface area contributed by atoms with Gasteiger partial charge in [-0.2, -0.15) is 0 Å². The molecule has 3 aromatic rings. The molecule has 5 nitrogen and oxygen atoms in total. The summed E-state index contributed by atoms with van der Waals surface area (Å²) in [6, 6.07) is 12.3.